The number of rotatable bonds is 5. The van der Waals surface area contributed by atoms with Gasteiger partial charge >= 0.3 is 0 Å². The van der Waals surface area contributed by atoms with Crippen molar-refractivity contribution in [2.24, 2.45) is 0 Å². The molecule has 0 aliphatic rings. The van der Waals surface area contributed by atoms with E-state index in [1.165, 1.54) is 13.3 Å². The van der Waals surface area contributed by atoms with Crippen molar-refractivity contribution in [2.75, 3.05) is 12.4 Å². The Morgan fingerprint density at radius 2 is 2.00 bits per heavy atom. The average molecular weight is 323 g/mol. The molecule has 6 nitrogen and oxygen atoms in total. The van der Waals surface area contributed by atoms with Crippen LogP contribution in [0.4, 0.5) is 5.69 Å². The SMILES string of the molecule is COc1cccc(C(O)C(=O)Nc2cnn(-c3ccccc3)c2)c1. The van der Waals surface area contributed by atoms with Gasteiger partial charge in [-0.3, -0.25) is 4.79 Å². The molecule has 0 bridgehead atoms. The van der Waals surface area contributed by atoms with Crippen LogP contribution in [0.3, 0.4) is 0 Å². The highest BCUT2D eigenvalue weighted by Gasteiger charge is 2.18. The number of aliphatic hydroxyl groups excluding tert-OH is 1. The number of nitrogens with zero attached hydrogens (tertiary/aromatic N) is 2. The van der Waals surface area contributed by atoms with Gasteiger partial charge < -0.3 is 15.2 Å². The Kier molecular flexibility index (Phi) is 4.58. The van der Waals surface area contributed by atoms with Gasteiger partial charge in [-0.1, -0.05) is 30.3 Å². The molecule has 0 aliphatic heterocycles. The van der Waals surface area contributed by atoms with Crippen LogP contribution in [-0.4, -0.2) is 27.9 Å². The number of hydrogen-bond acceptors (Lipinski definition) is 4. The fourth-order valence-electron chi connectivity index (χ4n) is 2.28. The zero-order chi connectivity index (χ0) is 16.9. The lowest BCUT2D eigenvalue weighted by Crippen LogP contribution is -2.20. The Hall–Kier alpha value is -3.12. The molecule has 1 unspecified atom stereocenters. The molecule has 3 aromatic rings. The van der Waals surface area contributed by atoms with Gasteiger partial charge in [-0.25, -0.2) is 4.68 Å². The first kappa shape index (κ1) is 15.8. The van der Waals surface area contributed by atoms with E-state index in [2.05, 4.69) is 10.4 Å². The molecule has 0 spiro atoms. The van der Waals surface area contributed by atoms with Crippen LogP contribution in [0.2, 0.25) is 0 Å². The maximum absolute atomic E-state index is 12.2. The molecule has 0 saturated heterocycles. The molecular weight excluding hydrogens is 306 g/mol. The summed E-state index contributed by atoms with van der Waals surface area (Å²) in [5, 5.41) is 17.1. The molecule has 0 saturated carbocycles. The molecular formula is C18H17N3O3. The van der Waals surface area contributed by atoms with E-state index in [-0.39, 0.29) is 0 Å². The van der Waals surface area contributed by atoms with Crippen molar-refractivity contribution in [3.8, 4) is 11.4 Å². The number of anilines is 1. The van der Waals surface area contributed by atoms with Gasteiger partial charge in [-0.2, -0.15) is 5.10 Å². The summed E-state index contributed by atoms with van der Waals surface area (Å²) in [4.78, 5) is 12.2. The second kappa shape index (κ2) is 6.97. The first-order valence-electron chi connectivity index (χ1n) is 7.40. The highest BCUT2D eigenvalue weighted by atomic mass is 16.5. The largest absolute Gasteiger partial charge is 0.497 e. The van der Waals surface area contributed by atoms with E-state index < -0.39 is 12.0 Å². The van der Waals surface area contributed by atoms with E-state index in [1.807, 2.05) is 30.3 Å². The summed E-state index contributed by atoms with van der Waals surface area (Å²) in [6.45, 7) is 0. The minimum atomic E-state index is -1.29. The summed E-state index contributed by atoms with van der Waals surface area (Å²) >= 11 is 0. The number of para-hydroxylation sites is 1. The minimum absolute atomic E-state index is 0.460. The third kappa shape index (κ3) is 3.44. The number of methoxy groups -OCH3 is 1. The second-order valence-corrected chi connectivity index (χ2v) is 5.18. The number of carbonyl (C=O) groups is 1. The van der Waals surface area contributed by atoms with Crippen molar-refractivity contribution in [2.45, 2.75) is 6.10 Å². The number of aliphatic hydroxyl groups is 1. The molecule has 122 valence electrons. The minimum Gasteiger partial charge on any atom is -0.497 e. The van der Waals surface area contributed by atoms with Gasteiger partial charge in [0.15, 0.2) is 6.10 Å². The molecule has 1 amide bonds. The van der Waals surface area contributed by atoms with Gasteiger partial charge in [-0.05, 0) is 29.8 Å². The van der Waals surface area contributed by atoms with Crippen molar-refractivity contribution in [1.29, 1.82) is 0 Å². The molecule has 1 heterocycles. The normalized spacial score (nSPS) is 11.8. The van der Waals surface area contributed by atoms with Gasteiger partial charge in [0.05, 0.1) is 30.9 Å². The Morgan fingerprint density at radius 1 is 1.21 bits per heavy atom. The molecule has 2 aromatic carbocycles. The van der Waals surface area contributed by atoms with E-state index in [1.54, 1.807) is 35.1 Å². The number of aromatic nitrogens is 2. The van der Waals surface area contributed by atoms with Gasteiger partial charge in [0.25, 0.3) is 5.91 Å². The van der Waals surface area contributed by atoms with Crippen molar-refractivity contribution in [3.63, 3.8) is 0 Å². The third-order valence-electron chi connectivity index (χ3n) is 3.53. The molecule has 1 aromatic heterocycles. The van der Waals surface area contributed by atoms with E-state index in [4.69, 9.17) is 4.74 Å². The van der Waals surface area contributed by atoms with Crippen LogP contribution in [0, 0.1) is 0 Å². The predicted octanol–water partition coefficient (Wildman–Crippen LogP) is 2.55. The zero-order valence-corrected chi connectivity index (χ0v) is 13.1. The molecule has 0 aliphatic carbocycles. The van der Waals surface area contributed by atoms with Crippen molar-refractivity contribution in [1.82, 2.24) is 9.78 Å². The summed E-state index contributed by atoms with van der Waals surface area (Å²) < 4.78 is 6.75. The van der Waals surface area contributed by atoms with Crippen LogP contribution in [0.15, 0.2) is 67.0 Å². The van der Waals surface area contributed by atoms with E-state index in [9.17, 15) is 9.90 Å². The molecule has 0 fully saturated rings. The molecule has 1 atom stereocenters. The topological polar surface area (TPSA) is 76.4 Å². The van der Waals surface area contributed by atoms with E-state index in [0.717, 1.165) is 5.69 Å². The zero-order valence-electron chi connectivity index (χ0n) is 13.1. The summed E-state index contributed by atoms with van der Waals surface area (Å²) in [7, 11) is 1.53. The van der Waals surface area contributed by atoms with E-state index >= 15 is 0 Å². The number of benzene rings is 2. The van der Waals surface area contributed by atoms with E-state index in [0.29, 0.717) is 17.0 Å². The molecule has 2 N–H and O–H groups in total. The van der Waals surface area contributed by atoms with Gasteiger partial charge in [0.1, 0.15) is 5.75 Å². The fourth-order valence-corrected chi connectivity index (χ4v) is 2.28. The Bertz CT molecular complexity index is 830. The lowest BCUT2D eigenvalue weighted by molar-refractivity contribution is -0.124. The Balaban J connectivity index is 1.71. The van der Waals surface area contributed by atoms with Crippen molar-refractivity contribution >= 4 is 11.6 Å². The lowest BCUT2D eigenvalue weighted by Gasteiger charge is -2.11. The summed E-state index contributed by atoms with van der Waals surface area (Å²) in [5.41, 5.74) is 1.85. The smallest absolute Gasteiger partial charge is 0.257 e. The number of amides is 1. The van der Waals surface area contributed by atoms with Gasteiger partial charge in [-0.15, -0.1) is 0 Å². The van der Waals surface area contributed by atoms with Gasteiger partial charge in [0, 0.05) is 0 Å². The van der Waals surface area contributed by atoms with Crippen molar-refractivity contribution < 1.29 is 14.6 Å². The number of hydrogen-bond donors (Lipinski definition) is 2. The number of nitrogens with one attached hydrogen (secondary N) is 1. The third-order valence-corrected chi connectivity index (χ3v) is 3.53. The maximum atomic E-state index is 12.2. The first-order chi connectivity index (χ1) is 11.7. The quantitative estimate of drug-likeness (QED) is 0.756. The van der Waals surface area contributed by atoms with Crippen molar-refractivity contribution in [3.05, 3.63) is 72.6 Å². The molecule has 0 radical (unpaired) electrons. The van der Waals surface area contributed by atoms with Crippen LogP contribution in [0.25, 0.3) is 5.69 Å². The number of ether oxygens (including phenoxy) is 1. The number of carbonyl (C=O) groups excluding carboxylic acids is 1. The maximum Gasteiger partial charge on any atom is 0.257 e. The summed E-state index contributed by atoms with van der Waals surface area (Å²) in [6, 6.07) is 16.3. The molecule has 6 heteroatoms. The average Bonchev–Trinajstić information content (AvgIpc) is 3.10. The monoisotopic (exact) mass is 323 g/mol. The predicted molar refractivity (Wildman–Crippen MR) is 90.1 cm³/mol. The fraction of sp³-hybridized carbons (Fsp3) is 0.111. The highest BCUT2D eigenvalue weighted by Crippen LogP contribution is 2.21. The lowest BCUT2D eigenvalue weighted by atomic mass is 10.1. The van der Waals surface area contributed by atoms with Crippen LogP contribution in [0.5, 0.6) is 5.75 Å². The Labute approximate surface area is 139 Å². The standard InChI is InChI=1S/C18H17N3O3/c1-24-16-9-5-6-13(10-16)17(22)18(23)20-14-11-19-21(12-14)15-7-3-2-4-8-15/h2-12,17,22H,1H3,(H,20,23). The molecule has 24 heavy (non-hydrogen) atoms. The Morgan fingerprint density at radius 3 is 2.75 bits per heavy atom. The van der Waals surface area contributed by atoms with Gasteiger partial charge in [0.2, 0.25) is 0 Å². The second-order valence-electron chi connectivity index (χ2n) is 5.18. The van der Waals surface area contributed by atoms with Crippen LogP contribution in [0.1, 0.15) is 11.7 Å². The van der Waals surface area contributed by atoms with Crippen LogP contribution >= 0.6 is 0 Å². The summed E-state index contributed by atoms with van der Waals surface area (Å²) in [5.74, 6) is 0.0483. The summed E-state index contributed by atoms with van der Waals surface area (Å²) in [6.07, 6.45) is 1.93. The van der Waals surface area contributed by atoms with Crippen LogP contribution in [-0.2, 0) is 4.79 Å². The highest BCUT2D eigenvalue weighted by molar-refractivity contribution is 5.94. The first-order valence-corrected chi connectivity index (χ1v) is 7.40. The molecule has 3 rings (SSSR count). The van der Waals surface area contributed by atoms with Crippen LogP contribution < -0.4 is 10.1 Å².